The predicted octanol–water partition coefficient (Wildman–Crippen LogP) is 5.16. The highest BCUT2D eigenvalue weighted by molar-refractivity contribution is 6.07. The fraction of sp³-hybridized carbons (Fsp3) is 0.556. The summed E-state index contributed by atoms with van der Waals surface area (Å²) in [7, 11) is 0. The van der Waals surface area contributed by atoms with Crippen molar-refractivity contribution < 1.29 is 4.79 Å². The maximum atomic E-state index is 13.3. The molecule has 1 aliphatic rings. The van der Waals surface area contributed by atoms with Crippen LogP contribution < -0.4 is 5.32 Å². The molecule has 0 saturated carbocycles. The third kappa shape index (κ3) is 5.46. The second kappa shape index (κ2) is 9.45. The monoisotopic (exact) mass is 462 g/mol. The summed E-state index contributed by atoms with van der Waals surface area (Å²) in [5.41, 5.74) is 3.55. The van der Waals surface area contributed by atoms with Crippen LogP contribution in [0.2, 0.25) is 0 Å². The molecule has 1 fully saturated rings. The summed E-state index contributed by atoms with van der Waals surface area (Å²) in [6.07, 6.45) is 7.13. The Morgan fingerprint density at radius 1 is 0.912 bits per heavy atom. The molecule has 2 aromatic heterocycles. The van der Waals surface area contributed by atoms with Gasteiger partial charge in [0.2, 0.25) is 0 Å². The van der Waals surface area contributed by atoms with Crippen molar-refractivity contribution in [3.8, 4) is 0 Å². The van der Waals surface area contributed by atoms with Crippen molar-refractivity contribution in [3.63, 3.8) is 0 Å². The number of nitrogens with zero attached hydrogens (tertiary/aromatic N) is 5. The van der Waals surface area contributed by atoms with E-state index >= 15 is 0 Å². The summed E-state index contributed by atoms with van der Waals surface area (Å²) < 4.78 is 1.92. The minimum Gasteiger partial charge on any atom is -0.306 e. The zero-order chi connectivity index (χ0) is 24.5. The van der Waals surface area contributed by atoms with Gasteiger partial charge in [-0.3, -0.25) is 4.79 Å². The van der Waals surface area contributed by atoms with Gasteiger partial charge in [-0.05, 0) is 60.0 Å². The number of carbonyl (C=O) groups excluding carboxylic acids is 1. The smallest absolute Gasteiger partial charge is 0.256 e. The molecule has 1 aliphatic heterocycles. The Hall–Kier alpha value is -2.80. The first-order valence-electron chi connectivity index (χ1n) is 12.4. The number of hydrogen-bond acceptors (Lipinski definition) is 5. The van der Waals surface area contributed by atoms with Gasteiger partial charge in [-0.1, -0.05) is 54.0 Å². The maximum Gasteiger partial charge on any atom is 0.256 e. The van der Waals surface area contributed by atoms with Crippen molar-refractivity contribution in [2.24, 2.45) is 0 Å². The van der Waals surface area contributed by atoms with Gasteiger partial charge in [-0.15, -0.1) is 0 Å². The molecule has 0 bridgehead atoms. The number of rotatable bonds is 5. The van der Waals surface area contributed by atoms with Crippen LogP contribution in [0.1, 0.15) is 82.3 Å². The van der Waals surface area contributed by atoms with Crippen molar-refractivity contribution in [2.75, 3.05) is 25.0 Å². The van der Waals surface area contributed by atoms with Crippen molar-refractivity contribution in [2.45, 2.75) is 78.2 Å². The number of benzene rings is 1. The van der Waals surface area contributed by atoms with Crippen molar-refractivity contribution in [1.29, 1.82) is 0 Å². The maximum absolute atomic E-state index is 13.3. The number of amides is 1. The Morgan fingerprint density at radius 3 is 2.18 bits per heavy atom. The number of piperidine rings is 1. The molecule has 1 aromatic carbocycles. The lowest BCUT2D eigenvalue weighted by molar-refractivity contribution is 0.102. The molecule has 7 heteroatoms. The van der Waals surface area contributed by atoms with Crippen LogP contribution in [0, 0.1) is 0 Å². The van der Waals surface area contributed by atoms with Gasteiger partial charge in [-0.2, -0.15) is 5.10 Å². The van der Waals surface area contributed by atoms with Gasteiger partial charge in [0, 0.05) is 12.1 Å². The van der Waals surface area contributed by atoms with Crippen molar-refractivity contribution in [3.05, 3.63) is 47.4 Å². The molecule has 0 unspecified atom stereocenters. The van der Waals surface area contributed by atoms with Gasteiger partial charge in [0.15, 0.2) is 5.65 Å². The lowest BCUT2D eigenvalue weighted by Gasteiger charge is -2.26. The Labute approximate surface area is 203 Å². The molecular formula is C27H38N6O. The predicted molar refractivity (Wildman–Crippen MR) is 137 cm³/mol. The highest BCUT2D eigenvalue weighted by Gasteiger charge is 2.23. The Kier molecular flexibility index (Phi) is 6.76. The molecule has 4 rings (SSSR count). The molecule has 34 heavy (non-hydrogen) atoms. The summed E-state index contributed by atoms with van der Waals surface area (Å²) in [4.78, 5) is 24.7. The quantitative estimate of drug-likeness (QED) is 0.567. The van der Waals surface area contributed by atoms with E-state index < -0.39 is 0 Å². The third-order valence-electron chi connectivity index (χ3n) is 6.67. The molecule has 1 amide bonds. The molecular weight excluding hydrogens is 424 g/mol. The number of nitrogens with one attached hydrogen (secondary N) is 1. The topological polar surface area (TPSA) is 75.9 Å². The van der Waals surface area contributed by atoms with Crippen LogP contribution in [0.3, 0.4) is 0 Å². The summed E-state index contributed by atoms with van der Waals surface area (Å²) in [5, 5.41) is 8.33. The lowest BCUT2D eigenvalue weighted by atomic mass is 9.79. The lowest BCUT2D eigenvalue weighted by Crippen LogP contribution is -2.32. The van der Waals surface area contributed by atoms with Crippen LogP contribution in [-0.4, -0.2) is 50.2 Å². The third-order valence-corrected chi connectivity index (χ3v) is 6.67. The van der Waals surface area contributed by atoms with Gasteiger partial charge >= 0.3 is 0 Å². The van der Waals surface area contributed by atoms with Crippen LogP contribution in [0.15, 0.2) is 30.7 Å². The molecule has 3 aromatic rings. The molecule has 182 valence electrons. The normalized spacial score (nSPS) is 15.6. The van der Waals surface area contributed by atoms with Gasteiger partial charge in [0.05, 0.1) is 18.1 Å². The van der Waals surface area contributed by atoms with Crippen molar-refractivity contribution >= 4 is 22.8 Å². The van der Waals surface area contributed by atoms with Crippen LogP contribution in [-0.2, 0) is 17.4 Å². The molecule has 0 spiro atoms. The van der Waals surface area contributed by atoms with Crippen LogP contribution in [0.4, 0.5) is 5.82 Å². The van der Waals surface area contributed by atoms with Gasteiger partial charge in [0.25, 0.3) is 5.91 Å². The Bertz CT molecular complexity index is 1130. The van der Waals surface area contributed by atoms with Crippen LogP contribution >= 0.6 is 0 Å². The molecule has 1 saturated heterocycles. The van der Waals surface area contributed by atoms with E-state index in [1.54, 1.807) is 6.20 Å². The van der Waals surface area contributed by atoms with E-state index in [0.717, 1.165) is 48.3 Å². The molecule has 7 nitrogen and oxygen atoms in total. The van der Waals surface area contributed by atoms with E-state index in [1.165, 1.54) is 25.6 Å². The van der Waals surface area contributed by atoms with Gasteiger partial charge < -0.3 is 10.2 Å². The standard InChI is InChI=1S/C27H38N6O/c1-26(2,3)20-14-19(15-21(16-20)27(4,5)6)25(34)31-23-22-17-30-33(24(22)29-18-28-23)13-12-32-10-8-7-9-11-32/h14-18H,7-13H2,1-6H3,(H,28,29,31,34). The summed E-state index contributed by atoms with van der Waals surface area (Å²) >= 11 is 0. The zero-order valence-electron chi connectivity index (χ0n) is 21.5. The number of carbonyl (C=O) groups is 1. The number of likely N-dealkylation sites (tertiary alicyclic amines) is 1. The first-order chi connectivity index (χ1) is 16.0. The average Bonchev–Trinajstić information content (AvgIpc) is 3.21. The highest BCUT2D eigenvalue weighted by Crippen LogP contribution is 2.31. The first-order valence-corrected chi connectivity index (χ1v) is 12.4. The second-order valence-electron chi connectivity index (χ2n) is 11.5. The summed E-state index contributed by atoms with van der Waals surface area (Å²) in [6, 6.07) is 6.20. The largest absolute Gasteiger partial charge is 0.306 e. The summed E-state index contributed by atoms with van der Waals surface area (Å²) in [5.74, 6) is 0.329. The average molecular weight is 463 g/mol. The fourth-order valence-corrected chi connectivity index (χ4v) is 4.38. The highest BCUT2D eigenvalue weighted by atomic mass is 16.1. The van der Waals surface area contributed by atoms with E-state index in [-0.39, 0.29) is 16.7 Å². The fourth-order valence-electron chi connectivity index (χ4n) is 4.38. The SMILES string of the molecule is CC(C)(C)c1cc(C(=O)Nc2ncnc3c2cnn3CCN2CCCCC2)cc(C(C)(C)C)c1. The molecule has 0 atom stereocenters. The molecule has 0 radical (unpaired) electrons. The van der Waals surface area contributed by atoms with Crippen molar-refractivity contribution in [1.82, 2.24) is 24.6 Å². The first kappa shape index (κ1) is 24.3. The van der Waals surface area contributed by atoms with E-state index in [2.05, 4.69) is 72.9 Å². The minimum atomic E-state index is -0.169. The zero-order valence-corrected chi connectivity index (χ0v) is 21.5. The number of hydrogen-bond donors (Lipinski definition) is 1. The summed E-state index contributed by atoms with van der Waals surface area (Å²) in [6.45, 7) is 17.1. The van der Waals surface area contributed by atoms with Crippen LogP contribution in [0.25, 0.3) is 11.0 Å². The molecule has 0 aliphatic carbocycles. The van der Waals surface area contributed by atoms with E-state index in [0.29, 0.717) is 11.4 Å². The van der Waals surface area contributed by atoms with E-state index in [9.17, 15) is 4.79 Å². The van der Waals surface area contributed by atoms with E-state index in [1.807, 2.05) is 16.8 Å². The van der Waals surface area contributed by atoms with Gasteiger partial charge in [-0.25, -0.2) is 14.6 Å². The number of aromatic nitrogens is 4. The minimum absolute atomic E-state index is 0.0615. The van der Waals surface area contributed by atoms with Crippen LogP contribution in [0.5, 0.6) is 0 Å². The number of anilines is 1. The molecule has 3 heterocycles. The van der Waals surface area contributed by atoms with E-state index in [4.69, 9.17) is 0 Å². The Balaban J connectivity index is 1.58. The molecule has 1 N–H and O–H groups in total. The second-order valence-corrected chi connectivity index (χ2v) is 11.5. The Morgan fingerprint density at radius 2 is 1.56 bits per heavy atom. The van der Waals surface area contributed by atoms with Gasteiger partial charge in [0.1, 0.15) is 12.1 Å². The number of fused-ring (bicyclic) bond motifs is 1.